The number of halogens is 1. The molecule has 1 aliphatic heterocycles. The van der Waals surface area contributed by atoms with Crippen LogP contribution in [0.25, 0.3) is 22.6 Å². The van der Waals surface area contributed by atoms with Gasteiger partial charge in [-0.25, -0.2) is 9.18 Å². The van der Waals surface area contributed by atoms with E-state index in [1.807, 2.05) is 0 Å². The van der Waals surface area contributed by atoms with Gasteiger partial charge in [0.25, 0.3) is 0 Å². The van der Waals surface area contributed by atoms with Crippen LogP contribution >= 0.6 is 0 Å². The van der Waals surface area contributed by atoms with Gasteiger partial charge < -0.3 is 9.84 Å². The fourth-order valence-corrected chi connectivity index (χ4v) is 2.80. The van der Waals surface area contributed by atoms with Crippen molar-refractivity contribution < 1.29 is 19.0 Å². The first kappa shape index (κ1) is 17.0. The quantitative estimate of drug-likeness (QED) is 0.740. The zero-order chi connectivity index (χ0) is 19.0. The van der Waals surface area contributed by atoms with E-state index in [9.17, 15) is 9.18 Å². The third kappa shape index (κ3) is 3.22. The maximum absolute atomic E-state index is 14.6. The number of carbonyl (C=O) groups excluding carboxylic acids is 1. The fraction of sp³-hybridized carbons (Fsp3) is 0.235. The highest BCUT2D eigenvalue weighted by atomic mass is 19.1. The number of aliphatic hydroxyl groups is 1. The number of aryl methyl sites for hydroxylation is 1. The Balaban J connectivity index is 1.58. The molecule has 1 aliphatic rings. The van der Waals surface area contributed by atoms with Gasteiger partial charge in [0, 0.05) is 11.8 Å². The highest BCUT2D eigenvalue weighted by Gasteiger charge is 2.33. The average molecular weight is 370 g/mol. The molecule has 0 unspecified atom stereocenters. The molecule has 1 aromatic carbocycles. The van der Waals surface area contributed by atoms with Crippen LogP contribution < -0.4 is 4.90 Å². The number of carbonyl (C=O) groups is 1. The summed E-state index contributed by atoms with van der Waals surface area (Å²) >= 11 is 0. The van der Waals surface area contributed by atoms with E-state index in [0.717, 1.165) is 0 Å². The van der Waals surface area contributed by atoms with Crippen molar-refractivity contribution in [3.8, 4) is 22.6 Å². The van der Waals surface area contributed by atoms with Crippen molar-refractivity contribution in [1.29, 1.82) is 0 Å². The Bertz CT molecular complexity index is 991. The average Bonchev–Trinajstić information content (AvgIpc) is 3.27. The zero-order valence-corrected chi connectivity index (χ0v) is 14.3. The number of benzene rings is 1. The molecular formula is C17H15FN6O3. The van der Waals surface area contributed by atoms with Crippen LogP contribution in [-0.4, -0.2) is 55.6 Å². The molecule has 0 radical (unpaired) electrons. The molecule has 0 aliphatic carbocycles. The Morgan fingerprint density at radius 2 is 2.11 bits per heavy atom. The lowest BCUT2D eigenvalue weighted by atomic mass is 10.1. The molecule has 0 saturated carbocycles. The van der Waals surface area contributed by atoms with Crippen molar-refractivity contribution >= 4 is 11.8 Å². The van der Waals surface area contributed by atoms with Crippen LogP contribution in [0.1, 0.15) is 0 Å². The Morgan fingerprint density at radius 1 is 1.30 bits per heavy atom. The number of tetrazole rings is 1. The molecule has 10 heteroatoms. The molecule has 4 rings (SSSR count). The van der Waals surface area contributed by atoms with Gasteiger partial charge in [0.1, 0.15) is 17.6 Å². The van der Waals surface area contributed by atoms with Crippen LogP contribution in [0.5, 0.6) is 0 Å². The third-order valence-corrected chi connectivity index (χ3v) is 4.15. The Morgan fingerprint density at radius 3 is 2.70 bits per heavy atom. The molecule has 3 aromatic rings. The number of cyclic esters (lactones) is 1. The topological polar surface area (TPSA) is 106 Å². The second-order valence-electron chi connectivity index (χ2n) is 6.00. The van der Waals surface area contributed by atoms with E-state index in [2.05, 4.69) is 20.4 Å². The van der Waals surface area contributed by atoms with E-state index in [1.54, 1.807) is 31.4 Å². The summed E-state index contributed by atoms with van der Waals surface area (Å²) in [6.07, 6.45) is 0.262. The molecule has 1 atom stereocenters. The summed E-state index contributed by atoms with van der Waals surface area (Å²) in [5, 5.41) is 20.8. The van der Waals surface area contributed by atoms with Gasteiger partial charge in [-0.15, -0.1) is 10.2 Å². The summed E-state index contributed by atoms with van der Waals surface area (Å²) in [5.74, 6) is -0.167. The molecule has 0 bridgehead atoms. The van der Waals surface area contributed by atoms with Crippen molar-refractivity contribution in [2.24, 2.45) is 7.05 Å². The number of pyridine rings is 1. The van der Waals surface area contributed by atoms with Gasteiger partial charge in [-0.2, -0.15) is 4.80 Å². The summed E-state index contributed by atoms with van der Waals surface area (Å²) < 4.78 is 19.5. The number of ether oxygens (including phenoxy) is 1. The number of anilines is 1. The van der Waals surface area contributed by atoms with E-state index in [4.69, 9.17) is 9.84 Å². The molecule has 1 N–H and O–H groups in total. The minimum absolute atomic E-state index is 0.104. The number of aromatic nitrogens is 5. The molecule has 3 heterocycles. The Labute approximate surface area is 153 Å². The largest absolute Gasteiger partial charge is 0.441 e. The van der Waals surface area contributed by atoms with E-state index >= 15 is 0 Å². The van der Waals surface area contributed by atoms with Crippen molar-refractivity contribution in [3.63, 3.8) is 0 Å². The standard InChI is InChI=1S/C17H15FN6O3/c1-23-21-16(20-22-23)14-4-2-11(7-19-14)10-3-5-15(13(18)6-10)24-8-12(9-25)27-17(24)26/h2-7,12,25H,8-9H2,1H3/t12-/m1/s1. The predicted molar refractivity (Wildman–Crippen MR) is 92.1 cm³/mol. The molecule has 138 valence electrons. The molecule has 1 amide bonds. The van der Waals surface area contributed by atoms with Crippen molar-refractivity contribution in [2.75, 3.05) is 18.1 Å². The summed E-state index contributed by atoms with van der Waals surface area (Å²) in [6, 6.07) is 8.02. The van der Waals surface area contributed by atoms with Gasteiger partial charge in [0.15, 0.2) is 0 Å². The second-order valence-corrected chi connectivity index (χ2v) is 6.00. The van der Waals surface area contributed by atoms with Crippen LogP contribution in [0, 0.1) is 5.82 Å². The van der Waals surface area contributed by atoms with E-state index in [1.165, 1.54) is 21.8 Å². The lowest BCUT2D eigenvalue weighted by molar-refractivity contribution is 0.0963. The second kappa shape index (κ2) is 6.72. The van der Waals surface area contributed by atoms with Gasteiger partial charge in [-0.3, -0.25) is 9.88 Å². The number of nitrogens with zero attached hydrogens (tertiary/aromatic N) is 6. The number of aliphatic hydroxyl groups excluding tert-OH is 1. The van der Waals surface area contributed by atoms with Crippen molar-refractivity contribution in [2.45, 2.75) is 6.10 Å². The zero-order valence-electron chi connectivity index (χ0n) is 14.3. The van der Waals surface area contributed by atoms with Gasteiger partial charge in [0.2, 0.25) is 5.82 Å². The van der Waals surface area contributed by atoms with Gasteiger partial charge >= 0.3 is 6.09 Å². The van der Waals surface area contributed by atoms with Gasteiger partial charge in [-0.1, -0.05) is 12.1 Å². The number of hydrogen-bond donors (Lipinski definition) is 1. The predicted octanol–water partition coefficient (Wildman–Crippen LogP) is 1.40. The summed E-state index contributed by atoms with van der Waals surface area (Å²) in [5.41, 5.74) is 1.96. The number of hydrogen-bond acceptors (Lipinski definition) is 7. The monoisotopic (exact) mass is 370 g/mol. The molecule has 9 nitrogen and oxygen atoms in total. The minimum atomic E-state index is -0.678. The van der Waals surface area contributed by atoms with Crippen LogP contribution in [-0.2, 0) is 11.8 Å². The highest BCUT2D eigenvalue weighted by molar-refractivity contribution is 5.90. The molecule has 1 fully saturated rings. The van der Waals surface area contributed by atoms with E-state index < -0.39 is 18.0 Å². The summed E-state index contributed by atoms with van der Waals surface area (Å²) in [4.78, 5) is 18.6. The SMILES string of the molecule is Cn1nnc(-c2ccc(-c3ccc(N4C[C@H](CO)OC4=O)c(F)c3)cn2)n1. The van der Waals surface area contributed by atoms with Crippen molar-refractivity contribution in [1.82, 2.24) is 25.2 Å². The van der Waals surface area contributed by atoms with E-state index in [-0.39, 0.29) is 18.8 Å². The smallest absolute Gasteiger partial charge is 0.414 e. The normalized spacial score (nSPS) is 16.6. The lowest BCUT2D eigenvalue weighted by Gasteiger charge is -2.14. The first-order valence-corrected chi connectivity index (χ1v) is 8.14. The maximum Gasteiger partial charge on any atom is 0.414 e. The molecule has 1 saturated heterocycles. The van der Waals surface area contributed by atoms with Crippen LogP contribution in [0.15, 0.2) is 36.5 Å². The Hall–Kier alpha value is -3.40. The lowest BCUT2D eigenvalue weighted by Crippen LogP contribution is -2.26. The first-order valence-electron chi connectivity index (χ1n) is 8.14. The third-order valence-electron chi connectivity index (χ3n) is 4.15. The summed E-state index contributed by atoms with van der Waals surface area (Å²) in [7, 11) is 1.66. The maximum atomic E-state index is 14.6. The molecule has 0 spiro atoms. The Kier molecular flexibility index (Phi) is 4.24. The minimum Gasteiger partial charge on any atom is -0.441 e. The van der Waals surface area contributed by atoms with Gasteiger partial charge in [-0.05, 0) is 29.0 Å². The molecule has 2 aromatic heterocycles. The van der Waals surface area contributed by atoms with Crippen LogP contribution in [0.2, 0.25) is 0 Å². The summed E-state index contributed by atoms with van der Waals surface area (Å²) in [6.45, 7) is -0.201. The molecular weight excluding hydrogens is 355 g/mol. The highest BCUT2D eigenvalue weighted by Crippen LogP contribution is 2.29. The van der Waals surface area contributed by atoms with E-state index in [0.29, 0.717) is 22.6 Å². The van der Waals surface area contributed by atoms with Gasteiger partial charge in [0.05, 0.1) is 25.9 Å². The molecule has 27 heavy (non-hydrogen) atoms. The fourth-order valence-electron chi connectivity index (χ4n) is 2.80. The van der Waals surface area contributed by atoms with Crippen LogP contribution in [0.4, 0.5) is 14.9 Å². The number of rotatable bonds is 4. The number of amides is 1. The van der Waals surface area contributed by atoms with Crippen molar-refractivity contribution in [3.05, 3.63) is 42.3 Å². The first-order chi connectivity index (χ1) is 13.0. The van der Waals surface area contributed by atoms with Crippen LogP contribution in [0.3, 0.4) is 0 Å².